The molecule has 2 aromatic carbocycles. The van der Waals surface area contributed by atoms with Crippen molar-refractivity contribution >= 4 is 0 Å². The van der Waals surface area contributed by atoms with Crippen LogP contribution in [0.3, 0.4) is 0 Å². The van der Waals surface area contributed by atoms with Crippen molar-refractivity contribution in [3.05, 3.63) is 59.2 Å². The lowest BCUT2D eigenvalue weighted by Gasteiger charge is -2.09. The normalized spacial score (nSPS) is 10.4. The maximum Gasteiger partial charge on any atom is 0.0178 e. The van der Waals surface area contributed by atoms with Gasteiger partial charge in [0.15, 0.2) is 0 Å². The largest absolute Gasteiger partial charge is 0.326 e. The summed E-state index contributed by atoms with van der Waals surface area (Å²) in [6.07, 6.45) is 0. The molecular weight excluding hydrogens is 194 g/mol. The third kappa shape index (κ3) is 2.00. The minimum absolute atomic E-state index is 0.604. The molecule has 0 radical (unpaired) electrons. The van der Waals surface area contributed by atoms with Crippen LogP contribution in [-0.2, 0) is 6.54 Å². The molecular formula is C15H17N. The van der Waals surface area contributed by atoms with Gasteiger partial charge in [-0.2, -0.15) is 0 Å². The summed E-state index contributed by atoms with van der Waals surface area (Å²) >= 11 is 0. The maximum atomic E-state index is 5.59. The highest BCUT2D eigenvalue weighted by Gasteiger charge is 2.02. The average molecular weight is 211 g/mol. The molecule has 0 fully saturated rings. The molecule has 0 amide bonds. The van der Waals surface area contributed by atoms with Crippen molar-refractivity contribution in [2.24, 2.45) is 5.73 Å². The first-order valence-electron chi connectivity index (χ1n) is 5.58. The lowest BCUT2D eigenvalue weighted by atomic mass is 9.96. The molecule has 16 heavy (non-hydrogen) atoms. The Balaban J connectivity index is 2.46. The molecule has 1 heteroatoms. The quantitative estimate of drug-likeness (QED) is 0.809. The first-order chi connectivity index (χ1) is 7.72. The van der Waals surface area contributed by atoms with Crippen molar-refractivity contribution in [1.82, 2.24) is 0 Å². The number of hydrogen-bond acceptors (Lipinski definition) is 1. The van der Waals surface area contributed by atoms with E-state index >= 15 is 0 Å². The lowest BCUT2D eigenvalue weighted by Crippen LogP contribution is -1.95. The van der Waals surface area contributed by atoms with E-state index in [0.29, 0.717) is 6.54 Å². The SMILES string of the molecule is Cc1cccc(-c2ccc(CN)cc2)c1C. The Morgan fingerprint density at radius 2 is 1.62 bits per heavy atom. The number of benzene rings is 2. The Bertz CT molecular complexity index is 483. The molecule has 2 rings (SSSR count). The molecule has 0 aliphatic rings. The van der Waals surface area contributed by atoms with Crippen LogP contribution >= 0.6 is 0 Å². The Hall–Kier alpha value is -1.60. The van der Waals surface area contributed by atoms with Crippen molar-refractivity contribution in [3.63, 3.8) is 0 Å². The van der Waals surface area contributed by atoms with Crippen LogP contribution in [-0.4, -0.2) is 0 Å². The van der Waals surface area contributed by atoms with Gasteiger partial charge in [-0.05, 0) is 41.7 Å². The van der Waals surface area contributed by atoms with E-state index < -0.39 is 0 Å². The van der Waals surface area contributed by atoms with Crippen LogP contribution in [0.1, 0.15) is 16.7 Å². The molecule has 0 aromatic heterocycles. The number of aryl methyl sites for hydroxylation is 1. The third-order valence-electron chi connectivity index (χ3n) is 3.11. The van der Waals surface area contributed by atoms with Crippen LogP contribution in [0, 0.1) is 13.8 Å². The second-order valence-electron chi connectivity index (χ2n) is 4.15. The molecule has 0 aliphatic carbocycles. The van der Waals surface area contributed by atoms with Gasteiger partial charge in [0.25, 0.3) is 0 Å². The third-order valence-corrected chi connectivity index (χ3v) is 3.11. The molecule has 0 saturated heterocycles. The van der Waals surface area contributed by atoms with Gasteiger partial charge >= 0.3 is 0 Å². The molecule has 0 saturated carbocycles. The average Bonchev–Trinajstić information content (AvgIpc) is 2.33. The van der Waals surface area contributed by atoms with Crippen molar-refractivity contribution < 1.29 is 0 Å². The fourth-order valence-electron chi connectivity index (χ4n) is 1.88. The van der Waals surface area contributed by atoms with E-state index in [9.17, 15) is 0 Å². The van der Waals surface area contributed by atoms with Gasteiger partial charge in [0, 0.05) is 6.54 Å². The Labute approximate surface area is 96.9 Å². The van der Waals surface area contributed by atoms with Gasteiger partial charge in [-0.25, -0.2) is 0 Å². The molecule has 0 bridgehead atoms. The molecule has 2 aromatic rings. The molecule has 82 valence electrons. The number of hydrogen-bond donors (Lipinski definition) is 1. The van der Waals surface area contributed by atoms with E-state index in [1.807, 2.05) is 0 Å². The van der Waals surface area contributed by atoms with Gasteiger partial charge < -0.3 is 5.73 Å². The molecule has 0 heterocycles. The topological polar surface area (TPSA) is 26.0 Å². The van der Waals surface area contributed by atoms with Crippen LogP contribution in [0.4, 0.5) is 0 Å². The second-order valence-corrected chi connectivity index (χ2v) is 4.15. The van der Waals surface area contributed by atoms with Gasteiger partial charge in [-0.1, -0.05) is 42.5 Å². The van der Waals surface area contributed by atoms with E-state index in [0.717, 1.165) is 0 Å². The molecule has 0 unspecified atom stereocenters. The number of nitrogens with two attached hydrogens (primary N) is 1. The van der Waals surface area contributed by atoms with E-state index in [1.165, 1.54) is 27.8 Å². The maximum absolute atomic E-state index is 5.59. The summed E-state index contributed by atoms with van der Waals surface area (Å²) in [6.45, 7) is 4.92. The van der Waals surface area contributed by atoms with Crippen molar-refractivity contribution in [2.75, 3.05) is 0 Å². The molecule has 0 spiro atoms. The highest BCUT2D eigenvalue weighted by molar-refractivity contribution is 5.68. The van der Waals surface area contributed by atoms with Crippen molar-refractivity contribution in [3.8, 4) is 11.1 Å². The molecule has 2 N–H and O–H groups in total. The van der Waals surface area contributed by atoms with Gasteiger partial charge in [-0.15, -0.1) is 0 Å². The summed E-state index contributed by atoms with van der Waals surface area (Å²) < 4.78 is 0. The predicted molar refractivity (Wildman–Crippen MR) is 69.2 cm³/mol. The Morgan fingerprint density at radius 1 is 0.938 bits per heavy atom. The molecule has 0 atom stereocenters. The summed E-state index contributed by atoms with van der Waals surface area (Å²) in [7, 11) is 0. The van der Waals surface area contributed by atoms with Gasteiger partial charge in [-0.3, -0.25) is 0 Å². The lowest BCUT2D eigenvalue weighted by molar-refractivity contribution is 1.07. The summed E-state index contributed by atoms with van der Waals surface area (Å²) in [5.74, 6) is 0. The van der Waals surface area contributed by atoms with Crippen molar-refractivity contribution in [1.29, 1.82) is 0 Å². The fourth-order valence-corrected chi connectivity index (χ4v) is 1.88. The minimum Gasteiger partial charge on any atom is -0.326 e. The van der Waals surface area contributed by atoms with Gasteiger partial charge in [0.2, 0.25) is 0 Å². The van der Waals surface area contributed by atoms with E-state index in [4.69, 9.17) is 5.73 Å². The van der Waals surface area contributed by atoms with Crippen LogP contribution in [0.2, 0.25) is 0 Å². The molecule has 0 aliphatic heterocycles. The monoisotopic (exact) mass is 211 g/mol. The van der Waals surface area contributed by atoms with Crippen LogP contribution in [0.5, 0.6) is 0 Å². The fraction of sp³-hybridized carbons (Fsp3) is 0.200. The summed E-state index contributed by atoms with van der Waals surface area (Å²) in [4.78, 5) is 0. The highest BCUT2D eigenvalue weighted by atomic mass is 14.5. The van der Waals surface area contributed by atoms with Crippen LogP contribution in [0.15, 0.2) is 42.5 Å². The predicted octanol–water partition coefficient (Wildman–Crippen LogP) is 3.43. The standard InChI is InChI=1S/C15H17N/c1-11-4-3-5-15(12(11)2)14-8-6-13(10-16)7-9-14/h3-9H,10,16H2,1-2H3. The highest BCUT2D eigenvalue weighted by Crippen LogP contribution is 2.25. The zero-order chi connectivity index (χ0) is 11.5. The summed E-state index contributed by atoms with van der Waals surface area (Å²) in [6, 6.07) is 14.9. The van der Waals surface area contributed by atoms with Crippen LogP contribution < -0.4 is 5.73 Å². The first kappa shape index (κ1) is 10.9. The minimum atomic E-state index is 0.604. The summed E-state index contributed by atoms with van der Waals surface area (Å²) in [5, 5.41) is 0. The second kappa shape index (κ2) is 4.50. The zero-order valence-corrected chi connectivity index (χ0v) is 9.83. The zero-order valence-electron chi connectivity index (χ0n) is 9.83. The number of rotatable bonds is 2. The molecule has 1 nitrogen and oxygen atoms in total. The van der Waals surface area contributed by atoms with E-state index in [-0.39, 0.29) is 0 Å². The van der Waals surface area contributed by atoms with Gasteiger partial charge in [0.1, 0.15) is 0 Å². The van der Waals surface area contributed by atoms with Gasteiger partial charge in [0.05, 0.1) is 0 Å². The van der Waals surface area contributed by atoms with Crippen molar-refractivity contribution in [2.45, 2.75) is 20.4 Å². The Morgan fingerprint density at radius 3 is 2.25 bits per heavy atom. The Kier molecular flexibility index (Phi) is 3.07. The smallest absolute Gasteiger partial charge is 0.0178 e. The summed E-state index contributed by atoms with van der Waals surface area (Å²) in [5.41, 5.74) is 12.0. The first-order valence-corrected chi connectivity index (χ1v) is 5.58. The van der Waals surface area contributed by atoms with Crippen LogP contribution in [0.25, 0.3) is 11.1 Å². The van der Waals surface area contributed by atoms with E-state index in [1.54, 1.807) is 0 Å². The van der Waals surface area contributed by atoms with E-state index in [2.05, 4.69) is 56.3 Å².